The normalized spacial score (nSPS) is 11.8. The van der Waals surface area contributed by atoms with Crippen molar-refractivity contribution in [3.05, 3.63) is 30.0 Å². The van der Waals surface area contributed by atoms with E-state index in [4.69, 9.17) is 4.74 Å². The third kappa shape index (κ3) is 3.69. The highest BCUT2D eigenvalue weighted by Gasteiger charge is 2.15. The lowest BCUT2D eigenvalue weighted by Gasteiger charge is -2.20. The van der Waals surface area contributed by atoms with Crippen LogP contribution in [0.5, 0.6) is 5.75 Å². The second kappa shape index (κ2) is 6.97. The summed E-state index contributed by atoms with van der Waals surface area (Å²) in [5.74, 6) is 0.323. The van der Waals surface area contributed by atoms with Crippen molar-refractivity contribution in [2.75, 3.05) is 13.6 Å². The third-order valence-corrected chi connectivity index (χ3v) is 4.05. The van der Waals surface area contributed by atoms with Crippen LogP contribution in [0.4, 0.5) is 0 Å². The Balaban J connectivity index is 2.26. The van der Waals surface area contributed by atoms with E-state index in [1.807, 2.05) is 38.2 Å². The van der Waals surface area contributed by atoms with Gasteiger partial charge in [-0.2, -0.15) is 0 Å². The van der Waals surface area contributed by atoms with Gasteiger partial charge < -0.3 is 14.6 Å². The van der Waals surface area contributed by atoms with Crippen LogP contribution in [0, 0.1) is 5.92 Å². The van der Waals surface area contributed by atoms with Crippen LogP contribution in [0.15, 0.2) is 24.4 Å². The van der Waals surface area contributed by atoms with Crippen molar-refractivity contribution in [3.8, 4) is 5.75 Å². The summed E-state index contributed by atoms with van der Waals surface area (Å²) in [4.78, 5) is 17.5. The highest BCUT2D eigenvalue weighted by Crippen LogP contribution is 2.29. The second-order valence-corrected chi connectivity index (χ2v) is 6.39. The minimum absolute atomic E-state index is 0.135. The van der Waals surface area contributed by atoms with Gasteiger partial charge in [-0.15, -0.1) is 0 Å². The van der Waals surface area contributed by atoms with Crippen LogP contribution < -0.4 is 4.74 Å². The number of H-pyrrole nitrogens is 1. The van der Waals surface area contributed by atoms with Crippen molar-refractivity contribution in [2.24, 2.45) is 5.92 Å². The Morgan fingerprint density at radius 2 is 2.00 bits per heavy atom. The molecule has 4 nitrogen and oxygen atoms in total. The minimum Gasteiger partial charge on any atom is -0.426 e. The Kier molecular flexibility index (Phi) is 5.24. The molecular weight excluding hydrogens is 276 g/mol. The van der Waals surface area contributed by atoms with Gasteiger partial charge in [0.05, 0.1) is 5.92 Å². The number of hydrogen-bond donors (Lipinski definition) is 1. The molecule has 0 amide bonds. The lowest BCUT2D eigenvalue weighted by Crippen LogP contribution is -2.28. The topological polar surface area (TPSA) is 45.3 Å². The van der Waals surface area contributed by atoms with E-state index in [0.29, 0.717) is 11.8 Å². The standard InChI is InChI=1S/C18H26N2O2/c1-12(2)18(21)22-16-8-6-7-15-17(16)14(11-19-15)9-10-20(5)13(3)4/h6-8,11-13,19H,9-10H2,1-5H3. The summed E-state index contributed by atoms with van der Waals surface area (Å²) in [6, 6.07) is 6.30. The van der Waals surface area contributed by atoms with Crippen LogP contribution in [-0.2, 0) is 11.2 Å². The van der Waals surface area contributed by atoms with Gasteiger partial charge in [0.2, 0.25) is 0 Å². The largest absolute Gasteiger partial charge is 0.426 e. The van der Waals surface area contributed by atoms with E-state index >= 15 is 0 Å². The van der Waals surface area contributed by atoms with Crippen molar-refractivity contribution >= 4 is 16.9 Å². The molecule has 1 aromatic heterocycles. The number of carbonyl (C=O) groups is 1. The number of aromatic nitrogens is 1. The fourth-order valence-corrected chi connectivity index (χ4v) is 2.28. The molecule has 0 spiro atoms. The number of aromatic amines is 1. The SMILES string of the molecule is CC(C)C(=O)Oc1cccc2[nH]cc(CCN(C)C(C)C)c12. The quantitative estimate of drug-likeness (QED) is 0.655. The van der Waals surface area contributed by atoms with Gasteiger partial charge in [0.25, 0.3) is 0 Å². The van der Waals surface area contributed by atoms with E-state index in [-0.39, 0.29) is 11.9 Å². The number of fused-ring (bicyclic) bond motifs is 1. The summed E-state index contributed by atoms with van der Waals surface area (Å²) < 4.78 is 5.57. The van der Waals surface area contributed by atoms with E-state index in [2.05, 4.69) is 30.8 Å². The van der Waals surface area contributed by atoms with Gasteiger partial charge in [-0.1, -0.05) is 19.9 Å². The first-order chi connectivity index (χ1) is 10.4. The fourth-order valence-electron chi connectivity index (χ4n) is 2.28. The molecule has 0 aliphatic rings. The number of hydrogen-bond acceptors (Lipinski definition) is 3. The summed E-state index contributed by atoms with van der Waals surface area (Å²) in [7, 11) is 2.12. The molecule has 2 rings (SSSR count). The molecule has 0 saturated heterocycles. The second-order valence-electron chi connectivity index (χ2n) is 6.39. The molecule has 1 heterocycles. The van der Waals surface area contributed by atoms with Crippen molar-refractivity contribution in [1.82, 2.24) is 9.88 Å². The van der Waals surface area contributed by atoms with Crippen molar-refractivity contribution < 1.29 is 9.53 Å². The molecule has 0 aliphatic heterocycles. The van der Waals surface area contributed by atoms with Gasteiger partial charge in [-0.25, -0.2) is 0 Å². The molecule has 0 saturated carbocycles. The fraction of sp³-hybridized carbons (Fsp3) is 0.500. The molecule has 0 bridgehead atoms. The Morgan fingerprint density at radius 3 is 2.64 bits per heavy atom. The Labute approximate surface area is 132 Å². The van der Waals surface area contributed by atoms with E-state index in [1.54, 1.807) is 0 Å². The lowest BCUT2D eigenvalue weighted by atomic mass is 10.1. The van der Waals surface area contributed by atoms with E-state index in [9.17, 15) is 4.79 Å². The first kappa shape index (κ1) is 16.6. The summed E-state index contributed by atoms with van der Waals surface area (Å²) in [6.07, 6.45) is 2.94. The zero-order chi connectivity index (χ0) is 16.3. The highest BCUT2D eigenvalue weighted by molar-refractivity contribution is 5.91. The molecular formula is C18H26N2O2. The first-order valence-electron chi connectivity index (χ1n) is 7.91. The summed E-state index contributed by atoms with van der Waals surface area (Å²) in [6.45, 7) is 9.03. The number of carbonyl (C=O) groups excluding carboxylic acids is 1. The van der Waals surface area contributed by atoms with Gasteiger partial charge in [0, 0.05) is 29.7 Å². The highest BCUT2D eigenvalue weighted by atomic mass is 16.5. The van der Waals surface area contributed by atoms with Crippen molar-refractivity contribution in [2.45, 2.75) is 40.2 Å². The van der Waals surface area contributed by atoms with Crippen LogP contribution >= 0.6 is 0 Å². The molecule has 0 atom stereocenters. The van der Waals surface area contributed by atoms with Crippen LogP contribution in [0.1, 0.15) is 33.3 Å². The van der Waals surface area contributed by atoms with Gasteiger partial charge in [0.1, 0.15) is 5.75 Å². The Bertz CT molecular complexity index is 644. The van der Waals surface area contributed by atoms with Gasteiger partial charge in [0.15, 0.2) is 0 Å². The maximum absolute atomic E-state index is 11.9. The minimum atomic E-state index is -0.195. The van der Waals surface area contributed by atoms with E-state index < -0.39 is 0 Å². The van der Waals surface area contributed by atoms with Gasteiger partial charge in [-0.05, 0) is 45.0 Å². The molecule has 4 heteroatoms. The predicted octanol–water partition coefficient (Wildman–Crippen LogP) is 3.61. The molecule has 120 valence electrons. The molecule has 0 radical (unpaired) electrons. The van der Waals surface area contributed by atoms with Crippen molar-refractivity contribution in [3.63, 3.8) is 0 Å². The van der Waals surface area contributed by atoms with E-state index in [0.717, 1.165) is 23.9 Å². The van der Waals surface area contributed by atoms with Crippen molar-refractivity contribution in [1.29, 1.82) is 0 Å². The summed E-state index contributed by atoms with van der Waals surface area (Å²) >= 11 is 0. The average molecular weight is 302 g/mol. The summed E-state index contributed by atoms with van der Waals surface area (Å²) in [5.41, 5.74) is 2.20. The van der Waals surface area contributed by atoms with Gasteiger partial charge in [-0.3, -0.25) is 4.79 Å². The third-order valence-electron chi connectivity index (χ3n) is 4.05. The van der Waals surface area contributed by atoms with Crippen LogP contribution in [0.3, 0.4) is 0 Å². The maximum atomic E-state index is 11.9. The molecule has 0 aliphatic carbocycles. The maximum Gasteiger partial charge on any atom is 0.313 e. The number of esters is 1. The molecule has 22 heavy (non-hydrogen) atoms. The molecule has 2 aromatic rings. The van der Waals surface area contributed by atoms with Crippen LogP contribution in [0.2, 0.25) is 0 Å². The molecule has 1 N–H and O–H groups in total. The zero-order valence-electron chi connectivity index (χ0n) is 14.1. The Morgan fingerprint density at radius 1 is 1.27 bits per heavy atom. The monoisotopic (exact) mass is 302 g/mol. The lowest BCUT2D eigenvalue weighted by molar-refractivity contribution is -0.137. The van der Waals surface area contributed by atoms with Crippen LogP contribution in [0.25, 0.3) is 10.9 Å². The zero-order valence-corrected chi connectivity index (χ0v) is 14.1. The Hall–Kier alpha value is -1.81. The average Bonchev–Trinajstić information content (AvgIpc) is 2.88. The summed E-state index contributed by atoms with van der Waals surface area (Å²) in [5, 5.41) is 1.02. The van der Waals surface area contributed by atoms with Crippen LogP contribution in [-0.4, -0.2) is 35.5 Å². The predicted molar refractivity (Wildman–Crippen MR) is 90.2 cm³/mol. The molecule has 0 unspecified atom stereocenters. The first-order valence-corrected chi connectivity index (χ1v) is 7.91. The van der Waals surface area contributed by atoms with E-state index in [1.165, 1.54) is 5.56 Å². The van der Waals surface area contributed by atoms with Gasteiger partial charge >= 0.3 is 5.97 Å². The molecule has 0 fully saturated rings. The number of likely N-dealkylation sites (N-methyl/N-ethyl adjacent to an activating group) is 1. The smallest absolute Gasteiger partial charge is 0.313 e. The molecule has 1 aromatic carbocycles. The number of nitrogens with one attached hydrogen (secondary N) is 1. The number of nitrogens with zero attached hydrogens (tertiary/aromatic N) is 1. The number of ether oxygens (including phenoxy) is 1. The number of benzene rings is 1. The number of rotatable bonds is 6.